The predicted molar refractivity (Wildman–Crippen MR) is 135 cm³/mol. The van der Waals surface area contributed by atoms with Crippen molar-refractivity contribution < 1.29 is 49.8 Å². The second-order valence-corrected chi connectivity index (χ2v) is 9.59. The van der Waals surface area contributed by atoms with Crippen LogP contribution < -0.4 is 10.2 Å². The summed E-state index contributed by atoms with van der Waals surface area (Å²) < 4.78 is 4.89. The highest BCUT2D eigenvalue weighted by Crippen LogP contribution is 2.16. The van der Waals surface area contributed by atoms with Gasteiger partial charge in [0.1, 0.15) is 11.7 Å². The molecule has 10 nitrogen and oxygen atoms in total. The van der Waals surface area contributed by atoms with E-state index in [9.17, 15) is 29.7 Å². The average molecular weight is 535 g/mol. The maximum Gasteiger partial charge on any atom is 0.309 e. The summed E-state index contributed by atoms with van der Waals surface area (Å²) in [5, 5.41) is 55.1. The minimum absolute atomic E-state index is 0.117. The van der Waals surface area contributed by atoms with Gasteiger partial charge in [0.25, 0.3) is 0 Å². The van der Waals surface area contributed by atoms with Gasteiger partial charge in [0, 0.05) is 12.4 Å². The quantitative estimate of drug-likeness (QED) is 0.103. The number of aliphatic carboxylic acids is 2. The summed E-state index contributed by atoms with van der Waals surface area (Å²) in [6.45, 7) is 1.63. The normalized spacial score (nSPS) is 12.5. The Kier molecular flexibility index (Phi) is 26.2. The van der Waals surface area contributed by atoms with Crippen LogP contribution in [0.3, 0.4) is 0 Å². The minimum Gasteiger partial charge on any atom is -0.550 e. The standard InChI is InChI=1S/C24H44O7.C3H8O3/c1-2-3-4-5-6-7-8-9-10-11-12-13-14-15-16-17-18-31-22(27)20-24(30,23(28)29)19-21(25)26;4-1-3(6)2-5/h30H,2-20H2,1H3,(H,25,26)(H,28,29);3-6H,1-2H2/p-2. The van der Waals surface area contributed by atoms with Gasteiger partial charge in [0.15, 0.2) is 0 Å². The van der Waals surface area contributed by atoms with Gasteiger partial charge in [0.2, 0.25) is 0 Å². The summed E-state index contributed by atoms with van der Waals surface area (Å²) in [4.78, 5) is 33.0. The minimum atomic E-state index is -2.80. The molecule has 0 aliphatic carbocycles. The summed E-state index contributed by atoms with van der Waals surface area (Å²) in [6.07, 6.45) is 16.6. The zero-order chi connectivity index (χ0) is 28.4. The van der Waals surface area contributed by atoms with Crippen LogP contribution in [0.2, 0.25) is 0 Å². The fourth-order valence-corrected chi connectivity index (χ4v) is 3.63. The highest BCUT2D eigenvalue weighted by Gasteiger charge is 2.32. The van der Waals surface area contributed by atoms with Crippen molar-refractivity contribution in [1.29, 1.82) is 0 Å². The molecule has 0 amide bonds. The van der Waals surface area contributed by atoms with Gasteiger partial charge < -0.3 is 45.0 Å². The molecule has 0 aromatic rings. The fraction of sp³-hybridized carbons (Fsp3) is 0.889. The van der Waals surface area contributed by atoms with E-state index in [1.54, 1.807) is 0 Å². The maximum atomic E-state index is 11.6. The zero-order valence-electron chi connectivity index (χ0n) is 22.7. The van der Waals surface area contributed by atoms with Crippen LogP contribution in [0.4, 0.5) is 0 Å². The number of carbonyl (C=O) groups is 3. The summed E-state index contributed by atoms with van der Waals surface area (Å²) >= 11 is 0. The number of aliphatic hydroxyl groups excluding tert-OH is 3. The Morgan fingerprint density at radius 1 is 0.703 bits per heavy atom. The first-order chi connectivity index (χ1) is 17.6. The van der Waals surface area contributed by atoms with E-state index < -0.39 is 42.5 Å². The van der Waals surface area contributed by atoms with Crippen LogP contribution in [0.5, 0.6) is 0 Å². The topological polar surface area (TPSA) is 187 Å². The summed E-state index contributed by atoms with van der Waals surface area (Å²) in [6, 6.07) is 0. The number of carboxylic acid groups (broad SMARTS) is 2. The number of hydrogen-bond acceptors (Lipinski definition) is 10. The second kappa shape index (κ2) is 25.9. The number of esters is 1. The smallest absolute Gasteiger partial charge is 0.309 e. The number of unbranched alkanes of at least 4 members (excludes halogenated alkanes) is 15. The van der Waals surface area contributed by atoms with Crippen LogP contribution >= 0.6 is 0 Å². The lowest BCUT2D eigenvalue weighted by atomic mass is 9.96. The molecule has 37 heavy (non-hydrogen) atoms. The summed E-state index contributed by atoms with van der Waals surface area (Å²) in [7, 11) is 0. The van der Waals surface area contributed by atoms with E-state index in [2.05, 4.69) is 6.92 Å². The van der Waals surface area contributed by atoms with Crippen molar-refractivity contribution in [3.8, 4) is 0 Å². The van der Waals surface area contributed by atoms with Gasteiger partial charge in [-0.25, -0.2) is 0 Å². The van der Waals surface area contributed by atoms with Crippen molar-refractivity contribution in [1.82, 2.24) is 0 Å². The molecular weight excluding hydrogens is 484 g/mol. The molecule has 0 rings (SSSR count). The number of aliphatic hydroxyl groups is 4. The van der Waals surface area contributed by atoms with E-state index in [4.69, 9.17) is 20.1 Å². The second-order valence-electron chi connectivity index (χ2n) is 9.59. The van der Waals surface area contributed by atoms with E-state index in [1.165, 1.54) is 77.0 Å². The lowest BCUT2D eigenvalue weighted by molar-refractivity contribution is -0.333. The SMILES string of the molecule is CCCCCCCCCCCCCCCCCCOC(=O)CC(O)(CC(=O)[O-])C(=O)[O-].OCC(O)CO. The van der Waals surface area contributed by atoms with Crippen LogP contribution in [0.25, 0.3) is 0 Å². The first-order valence-corrected chi connectivity index (χ1v) is 13.8. The molecule has 0 fully saturated rings. The molecule has 10 heteroatoms. The number of ether oxygens (including phenoxy) is 1. The van der Waals surface area contributed by atoms with Gasteiger partial charge in [0.05, 0.1) is 32.2 Å². The Bertz CT molecular complexity index is 565. The molecule has 220 valence electrons. The lowest BCUT2D eigenvalue weighted by Gasteiger charge is -2.28. The van der Waals surface area contributed by atoms with Crippen molar-refractivity contribution in [3.63, 3.8) is 0 Å². The van der Waals surface area contributed by atoms with E-state index in [1.807, 2.05) is 0 Å². The van der Waals surface area contributed by atoms with Crippen LogP contribution in [-0.4, -0.2) is 69.9 Å². The molecule has 0 aromatic carbocycles. The molecule has 1 unspecified atom stereocenters. The van der Waals surface area contributed by atoms with Crippen molar-refractivity contribution in [2.45, 2.75) is 134 Å². The largest absolute Gasteiger partial charge is 0.550 e. The summed E-state index contributed by atoms with van der Waals surface area (Å²) in [5.41, 5.74) is -2.80. The van der Waals surface area contributed by atoms with Crippen molar-refractivity contribution >= 4 is 17.9 Å². The van der Waals surface area contributed by atoms with Crippen LogP contribution in [0.15, 0.2) is 0 Å². The molecule has 4 N–H and O–H groups in total. The Labute approximate surface area is 222 Å². The molecule has 0 saturated heterocycles. The third kappa shape index (κ3) is 25.7. The molecule has 0 radical (unpaired) electrons. The highest BCUT2D eigenvalue weighted by molar-refractivity contribution is 5.87. The first-order valence-electron chi connectivity index (χ1n) is 13.8. The predicted octanol–water partition coefficient (Wildman–Crippen LogP) is 1.13. The molecule has 0 aromatic heterocycles. The van der Waals surface area contributed by atoms with E-state index in [0.717, 1.165) is 19.3 Å². The highest BCUT2D eigenvalue weighted by atomic mass is 16.5. The summed E-state index contributed by atoms with van der Waals surface area (Å²) in [5.74, 6) is -4.78. The average Bonchev–Trinajstić information content (AvgIpc) is 2.85. The Morgan fingerprint density at radius 2 is 1.08 bits per heavy atom. The molecule has 1 atom stereocenters. The Balaban J connectivity index is 0. The monoisotopic (exact) mass is 534 g/mol. The zero-order valence-corrected chi connectivity index (χ0v) is 22.7. The lowest BCUT2D eigenvalue weighted by Crippen LogP contribution is -2.52. The molecule has 0 aliphatic heterocycles. The van der Waals surface area contributed by atoms with E-state index in [-0.39, 0.29) is 19.8 Å². The van der Waals surface area contributed by atoms with Crippen molar-refractivity contribution in [3.05, 3.63) is 0 Å². The van der Waals surface area contributed by atoms with Gasteiger partial charge in [-0.05, 0) is 6.42 Å². The van der Waals surface area contributed by atoms with Gasteiger partial charge >= 0.3 is 5.97 Å². The van der Waals surface area contributed by atoms with Crippen LogP contribution in [0.1, 0.15) is 122 Å². The Hall–Kier alpha value is -1.75. The molecule has 0 spiro atoms. The molecule has 0 heterocycles. The number of rotatable bonds is 24. The van der Waals surface area contributed by atoms with Crippen molar-refractivity contribution in [2.75, 3.05) is 19.8 Å². The van der Waals surface area contributed by atoms with Gasteiger partial charge in [-0.15, -0.1) is 0 Å². The Morgan fingerprint density at radius 3 is 1.38 bits per heavy atom. The van der Waals surface area contributed by atoms with Crippen molar-refractivity contribution in [2.24, 2.45) is 0 Å². The molecule has 0 saturated carbocycles. The van der Waals surface area contributed by atoms with Crippen LogP contribution in [0, 0.1) is 0 Å². The molecule has 0 aliphatic rings. The third-order valence-corrected chi connectivity index (χ3v) is 5.94. The maximum absolute atomic E-state index is 11.6. The van der Waals surface area contributed by atoms with Gasteiger partial charge in [-0.2, -0.15) is 0 Å². The fourth-order valence-electron chi connectivity index (χ4n) is 3.63. The number of carboxylic acids is 2. The number of carbonyl (C=O) groups excluding carboxylic acids is 3. The van der Waals surface area contributed by atoms with Gasteiger partial charge in [-0.3, -0.25) is 4.79 Å². The van der Waals surface area contributed by atoms with Gasteiger partial charge in [-0.1, -0.05) is 103 Å². The molecular formula is C27H50O10-2. The number of hydrogen-bond donors (Lipinski definition) is 4. The van der Waals surface area contributed by atoms with Crippen LogP contribution in [-0.2, 0) is 19.1 Å². The van der Waals surface area contributed by atoms with E-state index in [0.29, 0.717) is 6.42 Å². The third-order valence-electron chi connectivity index (χ3n) is 5.94. The molecule has 0 bridgehead atoms. The first kappa shape index (κ1) is 37.4. The van der Waals surface area contributed by atoms with E-state index >= 15 is 0 Å².